The zero-order chi connectivity index (χ0) is 14.9. The first kappa shape index (κ1) is 15.8. The summed E-state index contributed by atoms with van der Waals surface area (Å²) in [5, 5.41) is 6.37. The third kappa shape index (κ3) is 5.73. The van der Waals surface area contributed by atoms with E-state index in [9.17, 15) is 4.79 Å². The molecule has 0 bridgehead atoms. The molecule has 5 nitrogen and oxygen atoms in total. The molecule has 1 aromatic carbocycles. The zero-order valence-electron chi connectivity index (χ0n) is 12.5. The monoisotopic (exact) mass is 292 g/mol. The third-order valence-corrected chi connectivity index (χ3v) is 3.58. The second-order valence-corrected chi connectivity index (χ2v) is 5.27. The van der Waals surface area contributed by atoms with Gasteiger partial charge >= 0.3 is 0 Å². The maximum Gasteiger partial charge on any atom is 0.246 e. The molecule has 0 aromatic heterocycles. The second-order valence-electron chi connectivity index (χ2n) is 5.27. The van der Waals surface area contributed by atoms with Crippen LogP contribution in [0.4, 0.5) is 0 Å². The van der Waals surface area contributed by atoms with Crippen molar-refractivity contribution in [2.45, 2.75) is 31.8 Å². The number of ether oxygens (including phenoxy) is 2. The van der Waals surface area contributed by atoms with Gasteiger partial charge in [0.25, 0.3) is 0 Å². The predicted molar refractivity (Wildman–Crippen MR) is 81.4 cm³/mol. The van der Waals surface area contributed by atoms with Crippen molar-refractivity contribution in [3.05, 3.63) is 30.3 Å². The average Bonchev–Trinajstić information content (AvgIpc) is 2.50. The van der Waals surface area contributed by atoms with Gasteiger partial charge < -0.3 is 20.1 Å². The first-order chi connectivity index (χ1) is 10.3. The van der Waals surface area contributed by atoms with Crippen LogP contribution in [-0.2, 0) is 9.53 Å². The number of carbonyl (C=O) groups excluding carboxylic acids is 1. The minimum atomic E-state index is -0.0599. The van der Waals surface area contributed by atoms with E-state index in [1.165, 1.54) is 0 Å². The van der Waals surface area contributed by atoms with E-state index in [1.54, 1.807) is 0 Å². The highest BCUT2D eigenvalue weighted by Crippen LogP contribution is 2.08. The first-order valence-corrected chi connectivity index (χ1v) is 7.54. The van der Waals surface area contributed by atoms with Gasteiger partial charge in [-0.3, -0.25) is 4.79 Å². The lowest BCUT2D eigenvalue weighted by Gasteiger charge is -2.30. The van der Waals surface area contributed by atoms with Gasteiger partial charge in [-0.15, -0.1) is 0 Å². The van der Waals surface area contributed by atoms with E-state index in [4.69, 9.17) is 9.47 Å². The fourth-order valence-electron chi connectivity index (χ4n) is 2.39. The molecule has 1 amide bonds. The molecule has 2 unspecified atom stereocenters. The van der Waals surface area contributed by atoms with Crippen molar-refractivity contribution >= 4 is 5.91 Å². The molecule has 1 fully saturated rings. The molecule has 2 N–H and O–H groups in total. The van der Waals surface area contributed by atoms with E-state index < -0.39 is 0 Å². The molecule has 0 aliphatic carbocycles. The summed E-state index contributed by atoms with van der Waals surface area (Å²) in [5.74, 6) is 0.753. The van der Waals surface area contributed by atoms with E-state index >= 15 is 0 Å². The molecule has 116 valence electrons. The molecule has 5 heteroatoms. The molecule has 1 heterocycles. The molecule has 1 aliphatic rings. The van der Waals surface area contributed by atoms with Gasteiger partial charge in [-0.1, -0.05) is 18.2 Å². The summed E-state index contributed by atoms with van der Waals surface area (Å²) in [4.78, 5) is 11.8. The summed E-state index contributed by atoms with van der Waals surface area (Å²) in [5.41, 5.74) is 0. The molecule has 21 heavy (non-hydrogen) atoms. The van der Waals surface area contributed by atoms with E-state index in [-0.39, 0.29) is 18.6 Å². The maximum absolute atomic E-state index is 11.8. The van der Waals surface area contributed by atoms with Crippen LogP contribution in [0.3, 0.4) is 0 Å². The Morgan fingerprint density at radius 3 is 2.90 bits per heavy atom. The lowest BCUT2D eigenvalue weighted by molar-refractivity contribution is -0.127. The van der Waals surface area contributed by atoms with Crippen LogP contribution in [0.15, 0.2) is 30.3 Å². The quantitative estimate of drug-likeness (QED) is 0.745. The summed E-state index contributed by atoms with van der Waals surface area (Å²) < 4.78 is 10.8. The minimum absolute atomic E-state index is 0.0599. The number of para-hydroxylation sites is 1. The first-order valence-electron chi connectivity index (χ1n) is 7.54. The third-order valence-electron chi connectivity index (χ3n) is 3.58. The Morgan fingerprint density at radius 1 is 1.33 bits per heavy atom. The predicted octanol–water partition coefficient (Wildman–Crippen LogP) is 1.34. The Kier molecular flexibility index (Phi) is 6.50. The lowest BCUT2D eigenvalue weighted by atomic mass is 10.00. The number of carbonyl (C=O) groups is 1. The van der Waals surface area contributed by atoms with Gasteiger partial charge in [0.05, 0.1) is 6.61 Å². The van der Waals surface area contributed by atoms with Gasteiger partial charge in [-0.2, -0.15) is 0 Å². The molecular weight excluding hydrogens is 268 g/mol. The van der Waals surface area contributed by atoms with Gasteiger partial charge in [-0.25, -0.2) is 0 Å². The van der Waals surface area contributed by atoms with Crippen LogP contribution < -0.4 is 15.4 Å². The van der Waals surface area contributed by atoms with Crippen molar-refractivity contribution in [2.24, 2.45) is 0 Å². The average molecular weight is 292 g/mol. The van der Waals surface area contributed by atoms with Crippen LogP contribution in [0.1, 0.15) is 19.8 Å². The lowest BCUT2D eigenvalue weighted by Crippen LogP contribution is -2.52. The van der Waals surface area contributed by atoms with Crippen LogP contribution in [-0.4, -0.2) is 44.4 Å². The van der Waals surface area contributed by atoms with Gasteiger partial charge in [0.15, 0.2) is 0 Å². The fraction of sp³-hybridized carbons (Fsp3) is 0.562. The van der Waals surface area contributed by atoms with Crippen LogP contribution >= 0.6 is 0 Å². The highest BCUT2D eigenvalue weighted by molar-refractivity contribution is 5.77. The Hall–Kier alpha value is -1.59. The highest BCUT2D eigenvalue weighted by Gasteiger charge is 2.22. The summed E-state index contributed by atoms with van der Waals surface area (Å²) in [6.07, 6.45) is 2.12. The van der Waals surface area contributed by atoms with Crippen LogP contribution in [0, 0.1) is 0 Å². The highest BCUT2D eigenvalue weighted by atomic mass is 16.5. The molecule has 1 aromatic rings. The Bertz CT molecular complexity index is 425. The number of hydrogen-bond donors (Lipinski definition) is 2. The van der Waals surface area contributed by atoms with Crippen LogP contribution in [0.5, 0.6) is 5.75 Å². The normalized spacial score (nSPS) is 21.8. The van der Waals surface area contributed by atoms with Crippen LogP contribution in [0.2, 0.25) is 0 Å². The molecular formula is C16H24N2O3. The Labute approximate surface area is 126 Å². The van der Waals surface area contributed by atoms with Crippen LogP contribution in [0.25, 0.3) is 0 Å². The molecule has 0 spiro atoms. The smallest absolute Gasteiger partial charge is 0.246 e. The van der Waals surface area contributed by atoms with Crippen molar-refractivity contribution in [1.29, 1.82) is 0 Å². The minimum Gasteiger partial charge on any atom is -0.491 e. The second kappa shape index (κ2) is 8.64. The van der Waals surface area contributed by atoms with Crippen molar-refractivity contribution in [2.75, 3.05) is 26.4 Å². The summed E-state index contributed by atoms with van der Waals surface area (Å²) in [6.45, 7) is 4.06. The molecule has 2 atom stereocenters. The van der Waals surface area contributed by atoms with Gasteiger partial charge in [-0.05, 0) is 38.4 Å². The van der Waals surface area contributed by atoms with E-state index in [2.05, 4.69) is 17.6 Å². The van der Waals surface area contributed by atoms with Crippen molar-refractivity contribution in [1.82, 2.24) is 10.6 Å². The number of amides is 1. The Balaban J connectivity index is 1.55. The molecule has 1 saturated heterocycles. The van der Waals surface area contributed by atoms with Crippen molar-refractivity contribution in [3.8, 4) is 5.75 Å². The number of piperidine rings is 1. The number of hydrogen-bond acceptors (Lipinski definition) is 4. The number of nitrogens with one attached hydrogen (secondary N) is 2. The standard InChI is InChI=1S/C16H24N2O3/c1-13-15(8-5-9-17-13)18-16(19)12-20-10-11-21-14-6-3-2-4-7-14/h2-4,6-7,13,15,17H,5,8-12H2,1H3,(H,18,19). The van der Waals surface area contributed by atoms with Crippen molar-refractivity contribution in [3.63, 3.8) is 0 Å². The van der Waals surface area contributed by atoms with E-state index in [0.717, 1.165) is 25.1 Å². The van der Waals surface area contributed by atoms with Gasteiger partial charge in [0.2, 0.25) is 5.91 Å². The van der Waals surface area contributed by atoms with Gasteiger partial charge in [0.1, 0.15) is 19.0 Å². The van der Waals surface area contributed by atoms with Crippen molar-refractivity contribution < 1.29 is 14.3 Å². The zero-order valence-corrected chi connectivity index (χ0v) is 12.5. The van der Waals surface area contributed by atoms with Gasteiger partial charge in [0, 0.05) is 12.1 Å². The summed E-state index contributed by atoms with van der Waals surface area (Å²) >= 11 is 0. The molecule has 0 saturated carbocycles. The molecule has 2 rings (SSSR count). The molecule has 0 radical (unpaired) electrons. The SMILES string of the molecule is CC1NCCCC1NC(=O)COCCOc1ccccc1. The fourth-order valence-corrected chi connectivity index (χ4v) is 2.39. The maximum atomic E-state index is 11.8. The number of rotatable bonds is 7. The topological polar surface area (TPSA) is 59.6 Å². The summed E-state index contributed by atoms with van der Waals surface area (Å²) in [7, 11) is 0. The summed E-state index contributed by atoms with van der Waals surface area (Å²) in [6, 6.07) is 10.1. The van der Waals surface area contributed by atoms with E-state index in [1.807, 2.05) is 30.3 Å². The largest absolute Gasteiger partial charge is 0.491 e. The Morgan fingerprint density at radius 2 is 2.14 bits per heavy atom. The number of benzene rings is 1. The van der Waals surface area contributed by atoms with E-state index in [0.29, 0.717) is 19.3 Å². The molecule has 1 aliphatic heterocycles.